The molecule has 2 rings (SSSR count). The van der Waals surface area contributed by atoms with Crippen molar-refractivity contribution in [2.75, 3.05) is 7.11 Å². The lowest BCUT2D eigenvalue weighted by Crippen LogP contribution is -1.98. The number of halogens is 1. The maximum atomic E-state index is 14.4. The van der Waals surface area contributed by atoms with Crippen LogP contribution in [-0.4, -0.2) is 7.11 Å². The van der Waals surface area contributed by atoms with Crippen LogP contribution in [0.15, 0.2) is 30.3 Å². The fourth-order valence-corrected chi connectivity index (χ4v) is 2.80. The summed E-state index contributed by atoms with van der Waals surface area (Å²) in [6.07, 6.45) is 0.881. The van der Waals surface area contributed by atoms with Crippen LogP contribution in [0.5, 0.6) is 0 Å². The molecule has 0 aliphatic carbocycles. The highest BCUT2D eigenvalue weighted by atomic mass is 31.0. The van der Waals surface area contributed by atoms with Crippen LogP contribution in [0.1, 0.15) is 22.3 Å². The molecule has 0 bridgehead atoms. The molecule has 0 saturated carbocycles. The topological polar surface area (TPSA) is 9.23 Å². The minimum atomic E-state index is -0.168. The van der Waals surface area contributed by atoms with Gasteiger partial charge < -0.3 is 4.74 Å². The highest BCUT2D eigenvalue weighted by molar-refractivity contribution is 7.15. The zero-order valence-corrected chi connectivity index (χ0v) is 13.3. The van der Waals surface area contributed by atoms with Gasteiger partial charge in [0.15, 0.2) is 0 Å². The van der Waals surface area contributed by atoms with Crippen molar-refractivity contribution in [3.8, 4) is 11.1 Å². The molecule has 2 aromatic rings. The average molecular weight is 290 g/mol. The normalized spacial score (nSPS) is 10.8. The lowest BCUT2D eigenvalue weighted by Gasteiger charge is -2.15. The van der Waals surface area contributed by atoms with Gasteiger partial charge in [-0.2, -0.15) is 0 Å². The van der Waals surface area contributed by atoms with Crippen molar-refractivity contribution < 1.29 is 9.13 Å². The number of methoxy groups -OCH3 is 1. The van der Waals surface area contributed by atoms with Crippen LogP contribution in [0.2, 0.25) is 0 Å². The van der Waals surface area contributed by atoms with Gasteiger partial charge in [-0.15, -0.1) is 9.24 Å². The lowest BCUT2D eigenvalue weighted by molar-refractivity contribution is 0.185. The van der Waals surface area contributed by atoms with Gasteiger partial charge >= 0.3 is 0 Å². The van der Waals surface area contributed by atoms with E-state index in [9.17, 15) is 4.39 Å². The van der Waals surface area contributed by atoms with E-state index in [1.165, 1.54) is 5.56 Å². The van der Waals surface area contributed by atoms with Crippen molar-refractivity contribution in [3.63, 3.8) is 0 Å². The molecule has 0 radical (unpaired) electrons. The zero-order valence-electron chi connectivity index (χ0n) is 12.2. The molecule has 106 valence electrons. The first kappa shape index (κ1) is 15.2. The molecule has 3 heteroatoms. The van der Waals surface area contributed by atoms with E-state index >= 15 is 0 Å². The summed E-state index contributed by atoms with van der Waals surface area (Å²) >= 11 is 0. The van der Waals surface area contributed by atoms with Crippen LogP contribution in [0.25, 0.3) is 11.1 Å². The Hall–Kier alpha value is -1.24. The summed E-state index contributed by atoms with van der Waals surface area (Å²) in [5, 5.41) is 0. The zero-order chi connectivity index (χ0) is 14.7. The van der Waals surface area contributed by atoms with E-state index in [1.807, 2.05) is 32.0 Å². The first-order valence-corrected chi connectivity index (χ1v) is 7.46. The maximum Gasteiger partial charge on any atom is 0.131 e. The molecule has 2 aromatic carbocycles. The van der Waals surface area contributed by atoms with Crippen molar-refractivity contribution in [2.24, 2.45) is 0 Å². The molecule has 0 amide bonds. The Labute approximate surface area is 122 Å². The van der Waals surface area contributed by atoms with Gasteiger partial charge in [0.2, 0.25) is 0 Å². The van der Waals surface area contributed by atoms with Crippen LogP contribution in [0.4, 0.5) is 4.39 Å². The Balaban J connectivity index is 2.63. The third kappa shape index (κ3) is 3.08. The first-order valence-electron chi connectivity index (χ1n) is 6.64. The van der Waals surface area contributed by atoms with Crippen molar-refractivity contribution >= 4 is 9.24 Å². The van der Waals surface area contributed by atoms with E-state index in [4.69, 9.17) is 4.74 Å². The number of aryl methyl sites for hydroxylation is 2. The van der Waals surface area contributed by atoms with Crippen molar-refractivity contribution in [2.45, 2.75) is 26.6 Å². The third-order valence-corrected chi connectivity index (χ3v) is 3.88. The van der Waals surface area contributed by atoms with Gasteiger partial charge in [0.05, 0.1) is 6.61 Å². The summed E-state index contributed by atoms with van der Waals surface area (Å²) in [4.78, 5) is 0. The highest BCUT2D eigenvalue weighted by Crippen LogP contribution is 2.32. The summed E-state index contributed by atoms with van der Waals surface area (Å²) in [5.74, 6) is -0.168. The number of hydrogen-bond acceptors (Lipinski definition) is 1. The second-order valence-corrected chi connectivity index (χ2v) is 5.48. The smallest absolute Gasteiger partial charge is 0.131 e. The van der Waals surface area contributed by atoms with Gasteiger partial charge in [0.1, 0.15) is 5.82 Å². The summed E-state index contributed by atoms with van der Waals surface area (Å²) in [6.45, 7) is 4.35. The molecule has 0 aliphatic rings. The Morgan fingerprint density at radius 3 is 2.50 bits per heavy atom. The van der Waals surface area contributed by atoms with Crippen LogP contribution in [0.3, 0.4) is 0 Å². The summed E-state index contributed by atoms with van der Waals surface area (Å²) in [7, 11) is 4.37. The predicted octanol–water partition coefficient (Wildman–Crippen LogP) is 4.63. The Morgan fingerprint density at radius 2 is 1.90 bits per heavy atom. The first-order chi connectivity index (χ1) is 9.56. The van der Waals surface area contributed by atoms with Gasteiger partial charge in [0.25, 0.3) is 0 Å². The minimum absolute atomic E-state index is 0.168. The predicted molar refractivity (Wildman–Crippen MR) is 85.4 cm³/mol. The van der Waals surface area contributed by atoms with Crippen LogP contribution in [-0.2, 0) is 17.5 Å². The third-order valence-electron chi connectivity index (χ3n) is 3.41. The average Bonchev–Trinajstić information content (AvgIpc) is 2.39. The molecule has 0 aliphatic heterocycles. The van der Waals surface area contributed by atoms with Crippen LogP contribution < -0.4 is 0 Å². The fourth-order valence-electron chi connectivity index (χ4n) is 2.55. The van der Waals surface area contributed by atoms with Crippen LogP contribution >= 0.6 is 9.24 Å². The largest absolute Gasteiger partial charge is 0.380 e. The molecule has 0 fully saturated rings. The van der Waals surface area contributed by atoms with Crippen LogP contribution in [0, 0.1) is 19.7 Å². The maximum absolute atomic E-state index is 14.4. The van der Waals surface area contributed by atoms with E-state index in [2.05, 4.69) is 15.3 Å². The fraction of sp³-hybridized carbons (Fsp3) is 0.294. The van der Waals surface area contributed by atoms with E-state index in [1.54, 1.807) is 13.2 Å². The monoisotopic (exact) mass is 290 g/mol. The standard InChI is InChI=1S/C17H20FOP/c1-11-6-12(2)17(16(18)7-11)15-5-4-13(10-20)8-14(15)9-19-3/h4-8H,9-10,20H2,1-3H3. The Morgan fingerprint density at radius 1 is 1.15 bits per heavy atom. The second-order valence-electron chi connectivity index (χ2n) is 5.07. The lowest BCUT2D eigenvalue weighted by atomic mass is 9.93. The number of rotatable bonds is 4. The van der Waals surface area contributed by atoms with Crippen molar-refractivity contribution in [1.82, 2.24) is 0 Å². The number of ether oxygens (including phenoxy) is 1. The van der Waals surface area contributed by atoms with Crippen molar-refractivity contribution in [1.29, 1.82) is 0 Å². The molecule has 1 nitrogen and oxygen atoms in total. The molecule has 0 N–H and O–H groups in total. The molecule has 0 heterocycles. The number of hydrogen-bond donors (Lipinski definition) is 0. The van der Waals surface area contributed by atoms with Gasteiger partial charge in [-0.3, -0.25) is 0 Å². The molecule has 0 spiro atoms. The molecule has 1 unspecified atom stereocenters. The van der Waals surface area contributed by atoms with Gasteiger partial charge in [-0.25, -0.2) is 4.39 Å². The molecule has 0 aromatic heterocycles. The molecule has 1 atom stereocenters. The SMILES string of the molecule is COCc1cc(CP)ccc1-c1c(C)cc(C)cc1F. The van der Waals surface area contributed by atoms with E-state index in [-0.39, 0.29) is 5.82 Å². The van der Waals surface area contributed by atoms with E-state index in [0.717, 1.165) is 28.4 Å². The molecular weight excluding hydrogens is 270 g/mol. The molecule has 0 saturated heterocycles. The Kier molecular flexibility index (Phi) is 4.91. The summed E-state index contributed by atoms with van der Waals surface area (Å²) in [5.41, 5.74) is 5.73. The van der Waals surface area contributed by atoms with E-state index < -0.39 is 0 Å². The van der Waals surface area contributed by atoms with Gasteiger partial charge in [-0.05, 0) is 53.9 Å². The molecule has 20 heavy (non-hydrogen) atoms. The summed E-state index contributed by atoms with van der Waals surface area (Å²) < 4.78 is 19.6. The highest BCUT2D eigenvalue weighted by Gasteiger charge is 2.13. The minimum Gasteiger partial charge on any atom is -0.380 e. The molecular formula is C17H20FOP. The van der Waals surface area contributed by atoms with Gasteiger partial charge in [-0.1, -0.05) is 24.3 Å². The quantitative estimate of drug-likeness (QED) is 0.746. The Bertz CT molecular complexity index is 599. The number of benzene rings is 2. The van der Waals surface area contributed by atoms with Crippen molar-refractivity contribution in [3.05, 3.63) is 58.4 Å². The van der Waals surface area contributed by atoms with E-state index in [0.29, 0.717) is 12.2 Å². The summed E-state index contributed by atoms with van der Waals surface area (Å²) in [6, 6.07) is 9.72. The van der Waals surface area contributed by atoms with Gasteiger partial charge in [0, 0.05) is 12.7 Å². The second kappa shape index (κ2) is 6.47.